The molecule has 0 bridgehead atoms. The molecule has 0 heterocycles. The first-order valence-electron chi connectivity index (χ1n) is 3.59. The predicted molar refractivity (Wildman–Crippen MR) is 38.5 cm³/mol. The van der Waals surface area contributed by atoms with Gasteiger partial charge in [-0.05, 0) is 4.76 Å². The summed E-state index contributed by atoms with van der Waals surface area (Å²) in [5.41, 5.74) is 0. The van der Waals surface area contributed by atoms with Gasteiger partial charge in [-0.2, -0.15) is 0 Å². The first kappa shape index (κ1) is 8.60. The molecule has 0 fully saturated rings. The van der Waals surface area contributed by atoms with E-state index in [2.05, 4.69) is 13.8 Å². The van der Waals surface area contributed by atoms with Crippen LogP contribution in [0.1, 0.15) is 27.2 Å². The second-order valence-electron chi connectivity index (χ2n) is 2.78. The van der Waals surface area contributed by atoms with Crippen molar-refractivity contribution in [3.63, 3.8) is 0 Å². The molecule has 0 rings (SSSR count). The first-order valence-corrected chi connectivity index (χ1v) is 3.59. The Labute approximate surface area is 56.8 Å². The molecule has 0 atom stereocenters. The molecule has 54 valence electrons. The number of rotatable bonds is 4. The quantitative estimate of drug-likeness (QED) is 0.531. The Balaban J connectivity index is 3.27. The number of nitroso groups, excluding NO2 is 1. The van der Waals surface area contributed by atoms with Gasteiger partial charge in [-0.15, -0.1) is 0 Å². The molecule has 0 amide bonds. The van der Waals surface area contributed by atoms with Crippen molar-refractivity contribution in [2.45, 2.75) is 27.2 Å². The van der Waals surface area contributed by atoms with Crippen LogP contribution in [-0.4, -0.2) is 17.8 Å². The highest BCUT2D eigenvalue weighted by Crippen LogP contribution is 1.92. The van der Waals surface area contributed by atoms with Gasteiger partial charge in [0.05, 0.1) is 0 Å². The highest BCUT2D eigenvalue weighted by atomic mass is 16.3. The van der Waals surface area contributed by atoms with Crippen molar-refractivity contribution in [3.8, 4) is 0 Å². The zero-order valence-electron chi connectivity index (χ0n) is 6.55. The van der Waals surface area contributed by atoms with Crippen LogP contribution in [0.4, 0.5) is 0 Å². The van der Waals surface area contributed by atoms with Crippen LogP contribution in [0.25, 0.3) is 0 Å². The molecule has 0 aromatic heterocycles. The van der Waals surface area contributed by atoms with Gasteiger partial charge in [-0.1, -0.05) is 20.8 Å². The van der Waals surface area contributed by atoms with Crippen molar-refractivity contribution < 1.29 is 4.76 Å². The lowest BCUT2D eigenvalue weighted by molar-refractivity contribution is -0.554. The van der Waals surface area contributed by atoms with Gasteiger partial charge in [0.15, 0.2) is 13.1 Å². The van der Waals surface area contributed by atoms with Gasteiger partial charge in [0.25, 0.3) is 0 Å². The minimum absolute atomic E-state index is 0.494. The van der Waals surface area contributed by atoms with Crippen LogP contribution in [0.2, 0.25) is 0 Å². The van der Waals surface area contributed by atoms with E-state index in [0.717, 1.165) is 11.2 Å². The fourth-order valence-electron chi connectivity index (χ4n) is 0.748. The fourth-order valence-corrected chi connectivity index (χ4v) is 0.748. The van der Waals surface area contributed by atoms with Gasteiger partial charge in [-0.25, -0.2) is 0 Å². The van der Waals surface area contributed by atoms with Gasteiger partial charge in [0.2, 0.25) is 0 Å². The summed E-state index contributed by atoms with van der Waals surface area (Å²) in [6, 6.07) is 0. The second kappa shape index (κ2) is 4.48. The van der Waals surface area contributed by atoms with E-state index >= 15 is 0 Å². The Morgan fingerprint density at radius 1 is 1.44 bits per heavy atom. The van der Waals surface area contributed by atoms with E-state index in [1.54, 1.807) is 0 Å². The van der Waals surface area contributed by atoms with Crippen LogP contribution in [0.3, 0.4) is 0 Å². The number of hydrogen-bond donors (Lipinski definition) is 0. The molecule has 0 unspecified atom stereocenters. The smallest absolute Gasteiger partial charge is 0.0592 e. The van der Waals surface area contributed by atoms with Crippen molar-refractivity contribution in [1.82, 2.24) is 0 Å². The van der Waals surface area contributed by atoms with Crippen LogP contribution in [0, 0.1) is 10.8 Å². The Bertz CT molecular complexity index is 88.9. The molecule has 0 spiro atoms. The van der Waals surface area contributed by atoms with E-state index in [0.29, 0.717) is 19.0 Å². The van der Waals surface area contributed by atoms with Crippen LogP contribution in [0.5, 0.6) is 0 Å². The van der Waals surface area contributed by atoms with Gasteiger partial charge in [0, 0.05) is 17.2 Å². The molecule has 0 radical (unpaired) electrons. The van der Waals surface area contributed by atoms with Crippen LogP contribution >= 0.6 is 0 Å². The minimum Gasteiger partial charge on any atom is -0.0592 e. The van der Waals surface area contributed by atoms with E-state index in [1.807, 2.05) is 6.92 Å². The van der Waals surface area contributed by atoms with E-state index in [4.69, 9.17) is 0 Å². The average molecular weight is 130 g/mol. The highest BCUT2D eigenvalue weighted by molar-refractivity contribution is 4.36. The molecule has 0 aromatic rings. The first-order chi connectivity index (χ1) is 4.16. The Hall–Kier alpha value is -0.400. The van der Waals surface area contributed by atoms with E-state index in [-0.39, 0.29) is 0 Å². The Morgan fingerprint density at radius 3 is 2.33 bits per heavy atom. The predicted octanol–water partition coefficient (Wildman–Crippen LogP) is 1.83. The van der Waals surface area contributed by atoms with Gasteiger partial charge < -0.3 is 0 Å². The maximum Gasteiger partial charge on any atom is 0.194 e. The summed E-state index contributed by atoms with van der Waals surface area (Å²) in [7, 11) is 0. The molecule has 2 heteroatoms. The third-order valence-corrected chi connectivity index (χ3v) is 1.04. The molecule has 9 heavy (non-hydrogen) atoms. The zero-order valence-corrected chi connectivity index (χ0v) is 6.55. The van der Waals surface area contributed by atoms with Gasteiger partial charge in [0.1, 0.15) is 0 Å². The van der Waals surface area contributed by atoms with Gasteiger partial charge in [-0.3, -0.25) is 0 Å². The van der Waals surface area contributed by atoms with Crippen molar-refractivity contribution in [1.29, 1.82) is 0 Å². The third-order valence-electron chi connectivity index (χ3n) is 1.04. The lowest BCUT2D eigenvalue weighted by Crippen LogP contribution is -2.14. The molecule has 0 aliphatic carbocycles. The molecule has 2 nitrogen and oxygen atoms in total. The summed E-state index contributed by atoms with van der Waals surface area (Å²) in [4.78, 5) is 10.8. The molecule has 0 N–H and O–H groups in total. The summed E-state index contributed by atoms with van der Waals surface area (Å²) < 4.78 is 1.13. The van der Waals surface area contributed by atoms with Crippen LogP contribution in [-0.2, 0) is 0 Å². The Kier molecular flexibility index (Phi) is 4.28. The molecule has 0 aromatic carbocycles. The molecular formula is C7H16NO+. The summed E-state index contributed by atoms with van der Waals surface area (Å²) in [5.74, 6) is 0.494. The maximum absolute atomic E-state index is 10.8. The molecule has 0 saturated carbocycles. The van der Waals surface area contributed by atoms with Crippen LogP contribution in [0.15, 0.2) is 0 Å². The summed E-state index contributed by atoms with van der Waals surface area (Å²) in [5, 5.41) is 0. The SMILES string of the molecule is CCC[N+](=O)CC(C)C. The largest absolute Gasteiger partial charge is 0.194 e. The fraction of sp³-hybridized carbons (Fsp3) is 1.00. The van der Waals surface area contributed by atoms with Crippen molar-refractivity contribution in [3.05, 3.63) is 4.91 Å². The molecule has 0 aliphatic rings. The van der Waals surface area contributed by atoms with E-state index in [1.165, 1.54) is 0 Å². The molecule has 0 saturated heterocycles. The monoisotopic (exact) mass is 130 g/mol. The van der Waals surface area contributed by atoms with Crippen molar-refractivity contribution in [2.24, 2.45) is 5.92 Å². The molecular weight excluding hydrogens is 114 g/mol. The minimum atomic E-state index is 0.494. The van der Waals surface area contributed by atoms with Crippen LogP contribution < -0.4 is 0 Å². The van der Waals surface area contributed by atoms with Crippen molar-refractivity contribution >= 4 is 0 Å². The number of nitrogens with zero attached hydrogens (tertiary/aromatic N) is 1. The standard InChI is InChI=1S/C7H16NO/c1-4-5-8(9)6-7(2)3/h7H,4-6H2,1-3H3/q+1. The summed E-state index contributed by atoms with van der Waals surface area (Å²) in [6.45, 7) is 7.48. The summed E-state index contributed by atoms with van der Waals surface area (Å²) in [6.07, 6.45) is 0.955. The maximum atomic E-state index is 10.8. The molecule has 0 aliphatic heterocycles. The van der Waals surface area contributed by atoms with E-state index < -0.39 is 0 Å². The topological polar surface area (TPSA) is 20.1 Å². The number of hydrogen-bond acceptors (Lipinski definition) is 1. The van der Waals surface area contributed by atoms with Crippen molar-refractivity contribution in [2.75, 3.05) is 13.1 Å². The zero-order chi connectivity index (χ0) is 7.28. The third kappa shape index (κ3) is 5.47. The Morgan fingerprint density at radius 2 is 2.00 bits per heavy atom. The summed E-state index contributed by atoms with van der Waals surface area (Å²) >= 11 is 0. The normalized spacial score (nSPS) is 10.2. The van der Waals surface area contributed by atoms with E-state index in [9.17, 15) is 4.91 Å². The lowest BCUT2D eigenvalue weighted by Gasteiger charge is -1.94. The lowest BCUT2D eigenvalue weighted by atomic mass is 10.2. The highest BCUT2D eigenvalue weighted by Gasteiger charge is 2.07. The van der Waals surface area contributed by atoms with Gasteiger partial charge >= 0.3 is 0 Å². The second-order valence-corrected chi connectivity index (χ2v) is 2.78. The average Bonchev–Trinajstić information content (AvgIpc) is 1.63.